The molecule has 0 unspecified atom stereocenters. The molecule has 0 bridgehead atoms. The molecule has 0 spiro atoms. The number of aryl methyl sites for hydroxylation is 1. The number of carbonyl (C=O) groups is 1. The van der Waals surface area contributed by atoms with Gasteiger partial charge in [0.15, 0.2) is 0 Å². The van der Waals surface area contributed by atoms with Gasteiger partial charge in [0.25, 0.3) is 0 Å². The van der Waals surface area contributed by atoms with Gasteiger partial charge < -0.3 is 9.67 Å². The third kappa shape index (κ3) is 1.88. The third-order valence-electron chi connectivity index (χ3n) is 2.99. The highest BCUT2D eigenvalue weighted by atomic mass is 35.5. The minimum Gasteiger partial charge on any atom is -0.477 e. The highest BCUT2D eigenvalue weighted by molar-refractivity contribution is 6.30. The van der Waals surface area contributed by atoms with Gasteiger partial charge in [0.05, 0.1) is 5.69 Å². The van der Waals surface area contributed by atoms with E-state index in [-0.39, 0.29) is 5.69 Å². The lowest BCUT2D eigenvalue weighted by atomic mass is 10.2. The molecule has 0 amide bonds. The topological polar surface area (TPSA) is 59.5 Å². The normalized spacial score (nSPS) is 11.1. The summed E-state index contributed by atoms with van der Waals surface area (Å²) in [6, 6.07) is 7.34. The molecule has 1 aromatic carbocycles. The number of hydrogen-bond acceptors (Lipinski definition) is 2. The predicted octanol–water partition coefficient (Wildman–Crippen LogP) is 2.69. The lowest BCUT2D eigenvalue weighted by Gasteiger charge is -1.97. The molecule has 3 aromatic rings. The fraction of sp³-hybridized carbons (Fsp3) is 0.0769. The highest BCUT2D eigenvalue weighted by Gasteiger charge is 2.15. The zero-order valence-corrected chi connectivity index (χ0v) is 10.8. The number of fused-ring (bicyclic) bond motifs is 1. The Bertz CT molecular complexity index is 771. The number of carboxylic acids is 1. The maximum Gasteiger partial charge on any atom is 0.354 e. The SMILES string of the molecule is Cn1c(C(=O)O)cn2cc(-c3ccc(Cl)cc3)nc12. The Morgan fingerprint density at radius 2 is 1.95 bits per heavy atom. The molecule has 2 aromatic heterocycles. The van der Waals surface area contributed by atoms with Crippen LogP contribution >= 0.6 is 11.6 Å². The molecular weight excluding hydrogens is 266 g/mol. The lowest BCUT2D eigenvalue weighted by Crippen LogP contribution is -2.04. The summed E-state index contributed by atoms with van der Waals surface area (Å²) in [5.41, 5.74) is 1.91. The first-order valence-corrected chi connectivity index (χ1v) is 5.98. The van der Waals surface area contributed by atoms with Crippen molar-refractivity contribution in [2.75, 3.05) is 0 Å². The fourth-order valence-corrected chi connectivity index (χ4v) is 2.14. The molecule has 0 saturated heterocycles. The van der Waals surface area contributed by atoms with Gasteiger partial charge in [0, 0.05) is 30.0 Å². The van der Waals surface area contributed by atoms with Crippen LogP contribution in [0.25, 0.3) is 17.0 Å². The van der Waals surface area contributed by atoms with Gasteiger partial charge in [-0.3, -0.25) is 4.40 Å². The van der Waals surface area contributed by atoms with Gasteiger partial charge in [0.1, 0.15) is 5.69 Å². The molecule has 0 aliphatic rings. The van der Waals surface area contributed by atoms with Gasteiger partial charge in [-0.25, -0.2) is 9.78 Å². The molecule has 0 fully saturated rings. The first-order valence-electron chi connectivity index (χ1n) is 5.60. The second-order valence-electron chi connectivity index (χ2n) is 4.22. The Morgan fingerprint density at radius 1 is 1.26 bits per heavy atom. The van der Waals surface area contributed by atoms with Crippen molar-refractivity contribution in [3.8, 4) is 11.3 Å². The van der Waals surface area contributed by atoms with Crippen LogP contribution < -0.4 is 0 Å². The molecule has 0 aliphatic heterocycles. The van der Waals surface area contributed by atoms with Crippen molar-refractivity contribution in [2.45, 2.75) is 0 Å². The van der Waals surface area contributed by atoms with Crippen LogP contribution in [0.3, 0.4) is 0 Å². The van der Waals surface area contributed by atoms with Gasteiger partial charge in [0.2, 0.25) is 5.78 Å². The Hall–Kier alpha value is -2.27. The van der Waals surface area contributed by atoms with Crippen molar-refractivity contribution in [3.63, 3.8) is 0 Å². The third-order valence-corrected chi connectivity index (χ3v) is 3.25. The number of rotatable bonds is 2. The number of imidazole rings is 2. The largest absolute Gasteiger partial charge is 0.477 e. The monoisotopic (exact) mass is 275 g/mol. The van der Waals surface area contributed by atoms with Crippen LogP contribution in [-0.4, -0.2) is 25.0 Å². The number of halogens is 1. The van der Waals surface area contributed by atoms with E-state index in [2.05, 4.69) is 4.98 Å². The number of nitrogens with zero attached hydrogens (tertiary/aromatic N) is 3. The summed E-state index contributed by atoms with van der Waals surface area (Å²) in [6.07, 6.45) is 3.34. The molecule has 0 radical (unpaired) electrons. The van der Waals surface area contributed by atoms with Crippen molar-refractivity contribution < 1.29 is 9.90 Å². The average Bonchev–Trinajstić information content (AvgIpc) is 2.90. The second kappa shape index (κ2) is 4.13. The van der Waals surface area contributed by atoms with E-state index in [1.807, 2.05) is 12.1 Å². The first kappa shape index (κ1) is 11.8. The first-order chi connectivity index (χ1) is 9.06. The van der Waals surface area contributed by atoms with Gasteiger partial charge >= 0.3 is 5.97 Å². The molecule has 0 aliphatic carbocycles. The summed E-state index contributed by atoms with van der Waals surface area (Å²) >= 11 is 5.84. The zero-order chi connectivity index (χ0) is 13.6. The van der Waals surface area contributed by atoms with E-state index in [9.17, 15) is 4.79 Å². The highest BCUT2D eigenvalue weighted by Crippen LogP contribution is 2.22. The lowest BCUT2D eigenvalue weighted by molar-refractivity contribution is 0.0687. The van der Waals surface area contributed by atoms with Crippen LogP contribution in [0.4, 0.5) is 0 Å². The number of hydrogen-bond donors (Lipinski definition) is 1. The number of aromatic carboxylic acids is 1. The Balaban J connectivity index is 2.13. The number of carboxylic acid groups (broad SMARTS) is 1. The van der Waals surface area contributed by atoms with Crippen molar-refractivity contribution in [1.29, 1.82) is 0 Å². The molecule has 3 rings (SSSR count). The van der Waals surface area contributed by atoms with E-state index in [0.29, 0.717) is 10.8 Å². The molecule has 0 atom stereocenters. The van der Waals surface area contributed by atoms with Gasteiger partial charge in [-0.05, 0) is 12.1 Å². The molecule has 1 N–H and O–H groups in total. The molecule has 96 valence electrons. The predicted molar refractivity (Wildman–Crippen MR) is 71.6 cm³/mol. The Kier molecular flexibility index (Phi) is 2.57. The van der Waals surface area contributed by atoms with Gasteiger partial charge in [-0.15, -0.1) is 0 Å². The minimum atomic E-state index is -0.971. The minimum absolute atomic E-state index is 0.199. The zero-order valence-electron chi connectivity index (χ0n) is 10.0. The smallest absolute Gasteiger partial charge is 0.354 e. The standard InChI is InChI=1S/C13H10ClN3O2/c1-16-11(12(18)19)7-17-6-10(15-13(16)17)8-2-4-9(14)5-3-8/h2-7H,1H3,(H,18,19). The fourth-order valence-electron chi connectivity index (χ4n) is 2.01. The summed E-state index contributed by atoms with van der Waals surface area (Å²) in [5.74, 6) is -0.386. The number of benzene rings is 1. The van der Waals surface area contributed by atoms with Gasteiger partial charge in [-0.2, -0.15) is 0 Å². The maximum atomic E-state index is 11.0. The summed E-state index contributed by atoms with van der Waals surface area (Å²) in [7, 11) is 1.68. The summed E-state index contributed by atoms with van der Waals surface area (Å²) in [5, 5.41) is 9.69. The van der Waals surface area contributed by atoms with E-state index in [0.717, 1.165) is 11.3 Å². The molecular formula is C13H10ClN3O2. The van der Waals surface area contributed by atoms with E-state index in [1.165, 1.54) is 0 Å². The number of aromatic nitrogens is 3. The maximum absolute atomic E-state index is 11.0. The summed E-state index contributed by atoms with van der Waals surface area (Å²) < 4.78 is 3.25. The van der Waals surface area contributed by atoms with Crippen LogP contribution in [-0.2, 0) is 7.05 Å². The molecule has 6 heteroatoms. The van der Waals surface area contributed by atoms with Crippen LogP contribution in [0.1, 0.15) is 10.5 Å². The van der Waals surface area contributed by atoms with Crippen molar-refractivity contribution in [1.82, 2.24) is 14.0 Å². The molecule has 19 heavy (non-hydrogen) atoms. The Morgan fingerprint density at radius 3 is 2.53 bits per heavy atom. The Labute approximate surface area is 113 Å². The molecule has 5 nitrogen and oxygen atoms in total. The van der Waals surface area contributed by atoms with E-state index in [1.54, 1.807) is 40.5 Å². The van der Waals surface area contributed by atoms with Crippen LogP contribution in [0.2, 0.25) is 5.02 Å². The summed E-state index contributed by atoms with van der Waals surface area (Å²) in [4.78, 5) is 15.4. The average molecular weight is 276 g/mol. The molecule has 2 heterocycles. The van der Waals surface area contributed by atoms with Crippen molar-refractivity contribution in [3.05, 3.63) is 47.4 Å². The van der Waals surface area contributed by atoms with E-state index >= 15 is 0 Å². The summed E-state index contributed by atoms with van der Waals surface area (Å²) in [6.45, 7) is 0. The van der Waals surface area contributed by atoms with Crippen LogP contribution in [0.15, 0.2) is 36.7 Å². The van der Waals surface area contributed by atoms with Crippen LogP contribution in [0.5, 0.6) is 0 Å². The van der Waals surface area contributed by atoms with Gasteiger partial charge in [-0.1, -0.05) is 23.7 Å². The van der Waals surface area contributed by atoms with E-state index < -0.39 is 5.97 Å². The van der Waals surface area contributed by atoms with Crippen LogP contribution in [0, 0.1) is 0 Å². The second-order valence-corrected chi connectivity index (χ2v) is 4.66. The van der Waals surface area contributed by atoms with Crippen molar-refractivity contribution >= 4 is 23.3 Å². The van der Waals surface area contributed by atoms with E-state index in [4.69, 9.17) is 16.7 Å². The quantitative estimate of drug-likeness (QED) is 0.782. The van der Waals surface area contributed by atoms with Crippen molar-refractivity contribution in [2.24, 2.45) is 7.05 Å². The molecule has 0 saturated carbocycles.